The molecule has 8 nitrogen and oxygen atoms in total. The van der Waals surface area contributed by atoms with Crippen LogP contribution in [0, 0.1) is 6.92 Å². The van der Waals surface area contributed by atoms with Gasteiger partial charge in [0.15, 0.2) is 11.8 Å². The zero-order chi connectivity index (χ0) is 17.7. The number of hydrogen-bond donors (Lipinski definition) is 2. The first-order valence-corrected chi connectivity index (χ1v) is 7.18. The van der Waals surface area contributed by atoms with Gasteiger partial charge in [-0.2, -0.15) is 0 Å². The van der Waals surface area contributed by atoms with Gasteiger partial charge in [-0.3, -0.25) is 10.1 Å². The second kappa shape index (κ2) is 7.40. The largest absolute Gasteiger partial charge is 0.448 e. The predicted molar refractivity (Wildman–Crippen MR) is 84.2 cm³/mol. The Balaban J connectivity index is 2.09. The minimum atomic E-state index is -1.16. The molecule has 1 aromatic carbocycles. The Morgan fingerprint density at radius 3 is 2.50 bits per heavy atom. The molecule has 0 radical (unpaired) electrons. The molecule has 0 aliphatic heterocycles. The Hall–Kier alpha value is -3.16. The van der Waals surface area contributed by atoms with Crippen molar-refractivity contribution in [2.75, 3.05) is 7.05 Å². The number of oxazole rings is 1. The maximum Gasteiger partial charge on any atom is 0.361 e. The van der Waals surface area contributed by atoms with E-state index < -0.39 is 24.0 Å². The molecule has 0 saturated carbocycles. The molecule has 1 atom stereocenters. The molecule has 1 unspecified atom stereocenters. The summed E-state index contributed by atoms with van der Waals surface area (Å²) in [6.07, 6.45) is -1.16. The average Bonchev–Trinajstić information content (AvgIpc) is 2.97. The van der Waals surface area contributed by atoms with E-state index in [1.807, 2.05) is 23.5 Å². The van der Waals surface area contributed by atoms with Crippen LogP contribution in [0.2, 0.25) is 0 Å². The van der Waals surface area contributed by atoms with Gasteiger partial charge in [-0.25, -0.2) is 14.6 Å². The van der Waals surface area contributed by atoms with Gasteiger partial charge in [0.1, 0.15) is 5.76 Å². The average molecular weight is 331 g/mol. The highest BCUT2D eigenvalue weighted by atomic mass is 16.5. The molecular weight excluding hydrogens is 314 g/mol. The number of nitrogens with zero attached hydrogens (tertiary/aromatic N) is 1. The first kappa shape index (κ1) is 17.2. The van der Waals surface area contributed by atoms with E-state index in [2.05, 4.69) is 10.3 Å². The van der Waals surface area contributed by atoms with Crippen molar-refractivity contribution in [3.05, 3.63) is 41.8 Å². The van der Waals surface area contributed by atoms with Crippen molar-refractivity contribution < 1.29 is 23.5 Å². The molecule has 24 heavy (non-hydrogen) atoms. The number of ether oxygens (including phenoxy) is 1. The van der Waals surface area contributed by atoms with E-state index in [0.717, 1.165) is 0 Å². The van der Waals surface area contributed by atoms with Crippen LogP contribution in [0.4, 0.5) is 4.79 Å². The lowest BCUT2D eigenvalue weighted by Crippen LogP contribution is -2.43. The summed E-state index contributed by atoms with van der Waals surface area (Å²) in [5.41, 5.74) is 0.693. The molecule has 0 spiro atoms. The number of imide groups is 1. The van der Waals surface area contributed by atoms with E-state index in [4.69, 9.17) is 9.15 Å². The molecule has 0 aliphatic carbocycles. The summed E-state index contributed by atoms with van der Waals surface area (Å²) in [5, 5.41) is 4.25. The van der Waals surface area contributed by atoms with E-state index in [-0.39, 0.29) is 17.3 Å². The number of rotatable bonds is 4. The molecule has 0 fully saturated rings. The fourth-order valence-electron chi connectivity index (χ4n) is 1.84. The molecule has 0 aliphatic rings. The summed E-state index contributed by atoms with van der Waals surface area (Å²) in [6, 6.07) is 8.38. The number of hydrogen-bond acceptors (Lipinski definition) is 6. The molecule has 0 bridgehead atoms. The van der Waals surface area contributed by atoms with Crippen molar-refractivity contribution in [2.45, 2.75) is 20.0 Å². The van der Waals surface area contributed by atoms with Crippen molar-refractivity contribution in [2.24, 2.45) is 0 Å². The highest BCUT2D eigenvalue weighted by Crippen LogP contribution is 2.22. The van der Waals surface area contributed by atoms with Crippen molar-refractivity contribution in [3.63, 3.8) is 0 Å². The van der Waals surface area contributed by atoms with Crippen LogP contribution in [-0.4, -0.2) is 36.0 Å². The molecule has 2 N–H and O–H groups in total. The van der Waals surface area contributed by atoms with Gasteiger partial charge in [0, 0.05) is 12.6 Å². The minimum absolute atomic E-state index is 0.0200. The van der Waals surface area contributed by atoms with Crippen LogP contribution in [0.15, 0.2) is 34.7 Å². The quantitative estimate of drug-likeness (QED) is 0.824. The van der Waals surface area contributed by atoms with Crippen molar-refractivity contribution in [3.8, 4) is 11.5 Å². The molecule has 1 heterocycles. The van der Waals surface area contributed by atoms with Crippen LogP contribution in [0.3, 0.4) is 0 Å². The standard InChI is InChI=1S/C16H17N3O5/c1-9-12(18-14(23-9)11-7-5-4-6-8-11)15(21)24-10(2)13(20)19-16(22)17-3/h4-8,10H,1-3H3,(H2,17,19,20,22). The van der Waals surface area contributed by atoms with Crippen LogP contribution >= 0.6 is 0 Å². The van der Waals surface area contributed by atoms with Gasteiger partial charge in [-0.1, -0.05) is 18.2 Å². The van der Waals surface area contributed by atoms with Crippen molar-refractivity contribution in [1.29, 1.82) is 0 Å². The second-order valence-corrected chi connectivity index (χ2v) is 4.91. The molecule has 0 saturated heterocycles. The van der Waals surface area contributed by atoms with Gasteiger partial charge < -0.3 is 14.5 Å². The van der Waals surface area contributed by atoms with E-state index in [9.17, 15) is 14.4 Å². The number of nitrogens with one attached hydrogen (secondary N) is 2. The molecule has 1 aromatic heterocycles. The zero-order valence-corrected chi connectivity index (χ0v) is 13.5. The molecule has 2 rings (SSSR count). The highest BCUT2D eigenvalue weighted by molar-refractivity contribution is 5.98. The fraction of sp³-hybridized carbons (Fsp3) is 0.250. The van der Waals surface area contributed by atoms with Crippen LogP contribution in [0.1, 0.15) is 23.2 Å². The van der Waals surface area contributed by atoms with Gasteiger partial charge in [0.2, 0.25) is 5.89 Å². The van der Waals surface area contributed by atoms with Crippen molar-refractivity contribution in [1.82, 2.24) is 15.6 Å². The normalized spacial score (nSPS) is 11.5. The van der Waals surface area contributed by atoms with E-state index in [0.29, 0.717) is 5.56 Å². The summed E-state index contributed by atoms with van der Waals surface area (Å²) in [4.78, 5) is 39.1. The number of aryl methyl sites for hydroxylation is 1. The van der Waals surface area contributed by atoms with Gasteiger partial charge in [0.05, 0.1) is 0 Å². The number of benzene rings is 1. The third kappa shape index (κ3) is 3.97. The van der Waals surface area contributed by atoms with Gasteiger partial charge in [0.25, 0.3) is 5.91 Å². The van der Waals surface area contributed by atoms with Gasteiger partial charge in [-0.15, -0.1) is 0 Å². The lowest BCUT2D eigenvalue weighted by atomic mass is 10.2. The monoisotopic (exact) mass is 331 g/mol. The molecule has 3 amide bonds. The number of carbonyl (C=O) groups excluding carboxylic acids is 3. The number of esters is 1. The molecule has 2 aromatic rings. The topological polar surface area (TPSA) is 111 Å². The lowest BCUT2D eigenvalue weighted by Gasteiger charge is -2.11. The number of amides is 3. The summed E-state index contributed by atoms with van der Waals surface area (Å²) >= 11 is 0. The zero-order valence-electron chi connectivity index (χ0n) is 13.5. The van der Waals surface area contributed by atoms with E-state index >= 15 is 0 Å². The first-order chi connectivity index (χ1) is 11.4. The molecule has 8 heteroatoms. The summed E-state index contributed by atoms with van der Waals surface area (Å²) < 4.78 is 10.5. The van der Waals surface area contributed by atoms with Gasteiger partial charge in [-0.05, 0) is 26.0 Å². The Kier molecular flexibility index (Phi) is 5.31. The predicted octanol–water partition coefficient (Wildman–Crippen LogP) is 1.65. The SMILES string of the molecule is CNC(=O)NC(=O)C(C)OC(=O)c1nc(-c2ccccc2)oc1C. The minimum Gasteiger partial charge on any atom is -0.448 e. The fourth-order valence-corrected chi connectivity index (χ4v) is 1.84. The number of aromatic nitrogens is 1. The maximum atomic E-state index is 12.2. The highest BCUT2D eigenvalue weighted by Gasteiger charge is 2.25. The Morgan fingerprint density at radius 2 is 1.88 bits per heavy atom. The van der Waals surface area contributed by atoms with Crippen LogP contribution in [-0.2, 0) is 9.53 Å². The molecule has 126 valence electrons. The Morgan fingerprint density at radius 1 is 1.21 bits per heavy atom. The smallest absolute Gasteiger partial charge is 0.361 e. The maximum absolute atomic E-state index is 12.2. The van der Waals surface area contributed by atoms with E-state index in [1.54, 1.807) is 19.1 Å². The van der Waals surface area contributed by atoms with Crippen LogP contribution < -0.4 is 10.6 Å². The van der Waals surface area contributed by atoms with Crippen LogP contribution in [0.25, 0.3) is 11.5 Å². The molecular formula is C16H17N3O5. The summed E-state index contributed by atoms with van der Waals surface area (Å²) in [5.74, 6) is -0.995. The van der Waals surface area contributed by atoms with Crippen molar-refractivity contribution >= 4 is 17.9 Å². The summed E-state index contributed by atoms with van der Waals surface area (Å²) in [6.45, 7) is 2.93. The van der Waals surface area contributed by atoms with E-state index in [1.165, 1.54) is 14.0 Å². The second-order valence-electron chi connectivity index (χ2n) is 4.91. The summed E-state index contributed by atoms with van der Waals surface area (Å²) in [7, 11) is 1.36. The number of urea groups is 1. The third-order valence-electron chi connectivity index (χ3n) is 3.13. The van der Waals surface area contributed by atoms with Gasteiger partial charge >= 0.3 is 12.0 Å². The lowest BCUT2D eigenvalue weighted by molar-refractivity contribution is -0.127. The Bertz CT molecular complexity index is 754. The first-order valence-electron chi connectivity index (χ1n) is 7.18. The third-order valence-corrected chi connectivity index (χ3v) is 3.13. The Labute approximate surface area is 138 Å². The van der Waals surface area contributed by atoms with Crippen LogP contribution in [0.5, 0.6) is 0 Å². The number of carbonyl (C=O) groups is 3.